The van der Waals surface area contributed by atoms with Crippen LogP contribution < -0.4 is 10.9 Å². The Labute approximate surface area is 179 Å². The molecule has 0 bridgehead atoms. The van der Waals surface area contributed by atoms with Crippen molar-refractivity contribution in [3.8, 4) is 0 Å². The number of para-hydroxylation sites is 2. The van der Waals surface area contributed by atoms with Crippen molar-refractivity contribution in [1.82, 2.24) is 0 Å². The van der Waals surface area contributed by atoms with E-state index in [-0.39, 0.29) is 0 Å². The van der Waals surface area contributed by atoms with Crippen LogP contribution in [0, 0.1) is 0 Å². The highest BCUT2D eigenvalue weighted by Crippen LogP contribution is 2.43. The number of benzene rings is 3. The monoisotopic (exact) mass is 417 g/mol. The Morgan fingerprint density at radius 3 is 2.10 bits per heavy atom. The maximum absolute atomic E-state index is 6.49. The molecule has 0 amide bonds. The van der Waals surface area contributed by atoms with Crippen LogP contribution in [0.3, 0.4) is 0 Å². The van der Waals surface area contributed by atoms with Gasteiger partial charge >= 0.3 is 0 Å². The molecule has 3 aromatic carbocycles. The highest BCUT2D eigenvalue weighted by atomic mass is 35.5. The Morgan fingerprint density at radius 1 is 0.793 bits per heavy atom. The molecule has 0 atom stereocenters. The van der Waals surface area contributed by atoms with Crippen molar-refractivity contribution in [2.75, 3.05) is 5.01 Å². The van der Waals surface area contributed by atoms with E-state index in [1.165, 1.54) is 5.57 Å². The largest absolute Gasteiger partial charge is 0.276 e. The standard InChI is InChI=1S/C24H17Cl2N3/c25-17-9-5-15(6-10-17)19-13-14-22-24(23(19)16-7-11-18(26)12-8-16)28-20-3-1-2-4-21(20)29(22)27/h1-12,14H,13,27H2. The number of allylic oxidation sites excluding steroid dienone is 3. The van der Waals surface area contributed by atoms with E-state index in [4.69, 9.17) is 34.0 Å². The van der Waals surface area contributed by atoms with Crippen LogP contribution in [0.1, 0.15) is 17.5 Å². The molecule has 3 nitrogen and oxygen atoms in total. The van der Waals surface area contributed by atoms with Gasteiger partial charge in [0.2, 0.25) is 0 Å². The van der Waals surface area contributed by atoms with Crippen molar-refractivity contribution in [1.29, 1.82) is 0 Å². The van der Waals surface area contributed by atoms with Crippen molar-refractivity contribution < 1.29 is 0 Å². The van der Waals surface area contributed by atoms with Crippen LogP contribution in [-0.2, 0) is 0 Å². The maximum Gasteiger partial charge on any atom is 0.0967 e. The van der Waals surface area contributed by atoms with Crippen LogP contribution in [0.2, 0.25) is 10.0 Å². The molecule has 0 saturated carbocycles. The molecule has 0 radical (unpaired) electrons. The SMILES string of the molecule is NN1C2=CCC(c3ccc(Cl)cc3)=C(c3ccc(Cl)cc3)C2=Nc2ccccc21. The molecule has 1 heterocycles. The molecule has 142 valence electrons. The van der Waals surface area contributed by atoms with Gasteiger partial charge in [0.05, 0.1) is 22.8 Å². The van der Waals surface area contributed by atoms with E-state index in [2.05, 4.69) is 6.08 Å². The average Bonchev–Trinajstić information content (AvgIpc) is 2.75. The normalized spacial score (nSPS) is 15.5. The van der Waals surface area contributed by atoms with E-state index in [0.29, 0.717) is 10.0 Å². The molecule has 0 fully saturated rings. The van der Waals surface area contributed by atoms with Gasteiger partial charge in [0, 0.05) is 15.6 Å². The van der Waals surface area contributed by atoms with E-state index < -0.39 is 0 Å². The summed E-state index contributed by atoms with van der Waals surface area (Å²) >= 11 is 12.3. The molecule has 2 aliphatic rings. The van der Waals surface area contributed by atoms with Gasteiger partial charge in [-0.05, 0) is 59.5 Å². The fraction of sp³-hybridized carbons (Fsp3) is 0.0417. The van der Waals surface area contributed by atoms with Crippen molar-refractivity contribution in [3.63, 3.8) is 0 Å². The molecule has 2 N–H and O–H groups in total. The van der Waals surface area contributed by atoms with Gasteiger partial charge in [-0.3, -0.25) is 5.01 Å². The number of fused-ring (bicyclic) bond motifs is 2. The number of hydrogen-bond donors (Lipinski definition) is 1. The molecule has 5 heteroatoms. The van der Waals surface area contributed by atoms with E-state index in [1.807, 2.05) is 72.8 Å². The number of hydrazine groups is 1. The summed E-state index contributed by atoms with van der Waals surface area (Å²) < 4.78 is 0. The zero-order valence-corrected chi connectivity index (χ0v) is 17.0. The number of aliphatic imine (C=N–C) groups is 1. The first kappa shape index (κ1) is 18.2. The van der Waals surface area contributed by atoms with Gasteiger partial charge in [0.1, 0.15) is 0 Å². The Balaban J connectivity index is 1.77. The fourth-order valence-electron chi connectivity index (χ4n) is 3.85. The summed E-state index contributed by atoms with van der Waals surface area (Å²) in [6.07, 6.45) is 2.88. The number of anilines is 1. The Hall–Kier alpha value is -2.85. The maximum atomic E-state index is 6.49. The highest BCUT2D eigenvalue weighted by Gasteiger charge is 2.30. The van der Waals surface area contributed by atoms with Gasteiger partial charge in [-0.1, -0.05) is 65.7 Å². The minimum absolute atomic E-state index is 0.699. The number of nitrogens with zero attached hydrogens (tertiary/aromatic N) is 2. The summed E-state index contributed by atoms with van der Waals surface area (Å²) in [4.78, 5) is 5.00. The highest BCUT2D eigenvalue weighted by molar-refractivity contribution is 6.40. The van der Waals surface area contributed by atoms with Crippen molar-refractivity contribution in [3.05, 3.63) is 106 Å². The van der Waals surface area contributed by atoms with Crippen LogP contribution in [-0.4, -0.2) is 5.71 Å². The fourth-order valence-corrected chi connectivity index (χ4v) is 4.10. The van der Waals surface area contributed by atoms with Crippen molar-refractivity contribution in [2.24, 2.45) is 10.8 Å². The number of hydrogen-bond acceptors (Lipinski definition) is 3. The molecule has 1 aliphatic heterocycles. The minimum Gasteiger partial charge on any atom is -0.276 e. The second kappa shape index (κ2) is 7.20. The molecule has 5 rings (SSSR count). The lowest BCUT2D eigenvalue weighted by atomic mass is 9.83. The predicted molar refractivity (Wildman–Crippen MR) is 123 cm³/mol. The number of nitrogens with two attached hydrogens (primary N) is 1. The van der Waals surface area contributed by atoms with Crippen LogP contribution in [0.25, 0.3) is 11.1 Å². The summed E-state index contributed by atoms with van der Waals surface area (Å²) in [6, 6.07) is 23.7. The van der Waals surface area contributed by atoms with Crippen LogP contribution in [0.4, 0.5) is 11.4 Å². The smallest absolute Gasteiger partial charge is 0.0967 e. The summed E-state index contributed by atoms with van der Waals surface area (Å²) in [5.41, 5.74) is 7.93. The molecule has 3 aromatic rings. The summed E-state index contributed by atoms with van der Waals surface area (Å²) in [7, 11) is 0. The summed E-state index contributed by atoms with van der Waals surface area (Å²) in [5, 5.41) is 3.14. The van der Waals surface area contributed by atoms with Crippen molar-refractivity contribution >= 4 is 51.4 Å². The Kier molecular flexibility index (Phi) is 4.51. The van der Waals surface area contributed by atoms with Crippen LogP contribution in [0.5, 0.6) is 0 Å². The zero-order chi connectivity index (χ0) is 20.0. The minimum atomic E-state index is 0.699. The first-order valence-corrected chi connectivity index (χ1v) is 10.1. The molecule has 0 aromatic heterocycles. The van der Waals surface area contributed by atoms with Gasteiger partial charge in [-0.25, -0.2) is 10.8 Å². The molecule has 0 saturated heterocycles. The molecule has 29 heavy (non-hydrogen) atoms. The number of rotatable bonds is 2. The van der Waals surface area contributed by atoms with Gasteiger partial charge in [0.15, 0.2) is 0 Å². The van der Waals surface area contributed by atoms with Crippen molar-refractivity contribution in [2.45, 2.75) is 6.42 Å². The first-order chi connectivity index (χ1) is 14.1. The lowest BCUT2D eigenvalue weighted by Crippen LogP contribution is -2.37. The topological polar surface area (TPSA) is 41.6 Å². The van der Waals surface area contributed by atoms with Gasteiger partial charge in [0.25, 0.3) is 0 Å². The van der Waals surface area contributed by atoms with Crippen LogP contribution in [0.15, 0.2) is 89.6 Å². The lowest BCUT2D eigenvalue weighted by Gasteiger charge is -2.33. The summed E-state index contributed by atoms with van der Waals surface area (Å²) in [5.74, 6) is 6.49. The quantitative estimate of drug-likeness (QED) is 0.473. The van der Waals surface area contributed by atoms with E-state index >= 15 is 0 Å². The average molecular weight is 418 g/mol. The van der Waals surface area contributed by atoms with Crippen LogP contribution >= 0.6 is 23.2 Å². The first-order valence-electron chi connectivity index (χ1n) is 9.30. The molecule has 1 aliphatic carbocycles. The third kappa shape index (κ3) is 3.18. The third-order valence-electron chi connectivity index (χ3n) is 5.24. The molecule has 0 spiro atoms. The van der Waals surface area contributed by atoms with Gasteiger partial charge in [-0.2, -0.15) is 0 Å². The number of halogens is 2. The molecular weight excluding hydrogens is 401 g/mol. The Morgan fingerprint density at radius 2 is 1.41 bits per heavy atom. The van der Waals surface area contributed by atoms with E-state index in [0.717, 1.165) is 45.9 Å². The van der Waals surface area contributed by atoms with E-state index in [1.54, 1.807) is 5.01 Å². The van der Waals surface area contributed by atoms with Gasteiger partial charge in [-0.15, -0.1) is 0 Å². The molecular formula is C24H17Cl2N3. The Bertz CT molecular complexity index is 1190. The second-order valence-corrected chi connectivity index (χ2v) is 7.85. The van der Waals surface area contributed by atoms with Gasteiger partial charge < -0.3 is 0 Å². The van der Waals surface area contributed by atoms with E-state index in [9.17, 15) is 0 Å². The molecule has 0 unspecified atom stereocenters. The predicted octanol–water partition coefficient (Wildman–Crippen LogP) is 6.66. The lowest BCUT2D eigenvalue weighted by molar-refractivity contribution is 1.02. The summed E-state index contributed by atoms with van der Waals surface area (Å²) in [6.45, 7) is 0. The zero-order valence-electron chi connectivity index (χ0n) is 15.4. The third-order valence-corrected chi connectivity index (χ3v) is 5.74. The second-order valence-electron chi connectivity index (χ2n) is 6.98.